The zero-order chi connectivity index (χ0) is 39.5. The fourth-order valence-electron chi connectivity index (χ4n) is 5.11. The summed E-state index contributed by atoms with van der Waals surface area (Å²) < 4.78 is 23.4. The largest absolute Gasteiger partial charge is 0.472 e. The number of unbranched alkanes of at least 4 members (excludes halogenated alkanes) is 12. The van der Waals surface area contributed by atoms with Gasteiger partial charge in [-0.05, 0) is 70.6 Å². The van der Waals surface area contributed by atoms with E-state index in [0.717, 1.165) is 44.9 Å². The van der Waals surface area contributed by atoms with E-state index < -0.39 is 26.1 Å². The van der Waals surface area contributed by atoms with Crippen LogP contribution in [0.3, 0.4) is 0 Å². The first-order valence-electron chi connectivity index (χ1n) is 20.4. The first kappa shape index (κ1) is 50.9. The molecule has 0 rings (SSSR count). The van der Waals surface area contributed by atoms with E-state index in [9.17, 15) is 24.5 Å². The molecule has 0 aromatic carbocycles. The molecule has 0 aromatic heterocycles. The average Bonchev–Trinajstić information content (AvgIpc) is 3.10. The second-order valence-corrected chi connectivity index (χ2v) is 16.3. The van der Waals surface area contributed by atoms with Crippen molar-refractivity contribution in [1.82, 2.24) is 5.32 Å². The van der Waals surface area contributed by atoms with E-state index in [1.54, 1.807) is 12.2 Å². The van der Waals surface area contributed by atoms with E-state index >= 15 is 0 Å². The zero-order valence-electron chi connectivity index (χ0n) is 34.1. The molecule has 0 fully saturated rings. The lowest BCUT2D eigenvalue weighted by atomic mass is 10.1. The Balaban J connectivity index is 4.72. The van der Waals surface area contributed by atoms with Crippen LogP contribution in [0.25, 0.3) is 0 Å². The van der Waals surface area contributed by atoms with Crippen molar-refractivity contribution in [3.8, 4) is 0 Å². The van der Waals surface area contributed by atoms with Gasteiger partial charge in [0.2, 0.25) is 5.91 Å². The molecular weight excluding hydrogens is 687 g/mol. The minimum atomic E-state index is -4.38. The zero-order valence-corrected chi connectivity index (χ0v) is 35.0. The summed E-state index contributed by atoms with van der Waals surface area (Å²) in [6.45, 7) is 4.56. The summed E-state index contributed by atoms with van der Waals surface area (Å²) in [6.07, 6.45) is 41.4. The number of phosphoric acid groups is 1. The smallest absolute Gasteiger partial charge is 0.389 e. The predicted octanol–water partition coefficient (Wildman–Crippen LogP) is 9.82. The lowest BCUT2D eigenvalue weighted by Crippen LogP contribution is -2.45. The number of carbonyl (C=O) groups is 1. The molecule has 4 atom stereocenters. The molecule has 0 aromatic rings. The molecule has 0 aliphatic carbocycles. The van der Waals surface area contributed by atoms with Crippen molar-refractivity contribution in [2.24, 2.45) is 0 Å². The Bertz CT molecular complexity index is 1110. The van der Waals surface area contributed by atoms with Crippen LogP contribution in [0.2, 0.25) is 0 Å². The first-order valence-corrected chi connectivity index (χ1v) is 21.9. The number of quaternary nitrogens is 1. The number of rotatable bonds is 35. The van der Waals surface area contributed by atoms with Crippen LogP contribution in [-0.2, 0) is 18.4 Å². The number of likely N-dealkylation sites (N-methyl/N-ethyl adjacent to an activating group) is 1. The van der Waals surface area contributed by atoms with Crippen molar-refractivity contribution < 1.29 is 38.0 Å². The van der Waals surface area contributed by atoms with Gasteiger partial charge >= 0.3 is 7.82 Å². The van der Waals surface area contributed by atoms with Gasteiger partial charge in [-0.3, -0.25) is 13.8 Å². The third kappa shape index (κ3) is 36.6. The molecule has 0 heterocycles. The van der Waals surface area contributed by atoms with Gasteiger partial charge in [-0.2, -0.15) is 0 Å². The summed E-state index contributed by atoms with van der Waals surface area (Å²) in [5, 5.41) is 23.8. The van der Waals surface area contributed by atoms with Gasteiger partial charge in [-0.15, -0.1) is 0 Å². The van der Waals surface area contributed by atoms with Gasteiger partial charge in [0.15, 0.2) is 0 Å². The molecule has 0 radical (unpaired) electrons. The molecule has 2 unspecified atom stereocenters. The highest BCUT2D eigenvalue weighted by molar-refractivity contribution is 7.47. The van der Waals surface area contributed by atoms with Crippen LogP contribution in [0, 0.1) is 0 Å². The molecule has 0 bridgehead atoms. The number of aliphatic hydroxyl groups excluding tert-OH is 2. The molecule has 0 aliphatic heterocycles. The summed E-state index contributed by atoms with van der Waals surface area (Å²) in [4.78, 5) is 23.0. The molecule has 9 nitrogen and oxygen atoms in total. The number of carbonyl (C=O) groups excluding carboxylic acids is 1. The van der Waals surface area contributed by atoms with Gasteiger partial charge in [-0.1, -0.05) is 132 Å². The van der Waals surface area contributed by atoms with Crippen LogP contribution in [0.15, 0.2) is 72.9 Å². The van der Waals surface area contributed by atoms with Crippen LogP contribution in [0.5, 0.6) is 0 Å². The van der Waals surface area contributed by atoms with Gasteiger partial charge in [-0.25, -0.2) is 4.57 Å². The number of aliphatic hydroxyl groups is 2. The maximum absolute atomic E-state index is 12.8. The predicted molar refractivity (Wildman–Crippen MR) is 222 cm³/mol. The number of amides is 1. The highest BCUT2D eigenvalue weighted by Gasteiger charge is 2.27. The van der Waals surface area contributed by atoms with Crippen LogP contribution in [0.1, 0.15) is 136 Å². The highest BCUT2D eigenvalue weighted by atomic mass is 31.2. The lowest BCUT2D eigenvalue weighted by Gasteiger charge is -2.25. The number of hydrogen-bond donors (Lipinski definition) is 4. The number of nitrogens with one attached hydrogen (secondary N) is 1. The summed E-state index contributed by atoms with van der Waals surface area (Å²) in [5.74, 6) is -0.285. The van der Waals surface area contributed by atoms with E-state index in [4.69, 9.17) is 9.05 Å². The Morgan fingerprint density at radius 2 is 1.30 bits per heavy atom. The average molecular weight is 766 g/mol. The molecular formula is C43H78N2O7P+. The second kappa shape index (κ2) is 34.4. The maximum atomic E-state index is 12.8. The maximum Gasteiger partial charge on any atom is 0.472 e. The standard InChI is InChI=1S/C43H77N2O7P/c1-6-8-10-12-14-16-17-18-19-21-23-27-31-35-42(47)41(39-52-53(49,50)51-38-37-45(3,4)5)44-43(48)36-32-28-24-26-30-34-40(46)33-29-25-22-20-15-13-11-9-7-2/h10,12,15,20,24-26,29-31,34-35,40-42,46-47H,6-9,11,13-14,16-19,21-23,27-28,32-33,36-39H2,1-5H3,(H-,44,48,49,50)/p+1/b12-10-,20-15-,26-24+,29-25-,34-30-,35-31+/t40?,41-,42+/m0/s1. The summed E-state index contributed by atoms with van der Waals surface area (Å²) in [7, 11) is 1.46. The number of nitrogens with zero attached hydrogens (tertiary/aromatic N) is 1. The van der Waals surface area contributed by atoms with Crippen molar-refractivity contribution in [3.63, 3.8) is 0 Å². The van der Waals surface area contributed by atoms with Crippen molar-refractivity contribution >= 4 is 13.7 Å². The van der Waals surface area contributed by atoms with Crippen LogP contribution < -0.4 is 5.32 Å². The molecule has 306 valence electrons. The number of hydrogen-bond acceptors (Lipinski definition) is 6. The van der Waals surface area contributed by atoms with E-state index in [1.165, 1.54) is 51.4 Å². The summed E-state index contributed by atoms with van der Waals surface area (Å²) in [5.41, 5.74) is 0. The van der Waals surface area contributed by atoms with E-state index in [1.807, 2.05) is 51.5 Å². The minimum Gasteiger partial charge on any atom is -0.389 e. The summed E-state index contributed by atoms with van der Waals surface area (Å²) >= 11 is 0. The molecule has 4 N–H and O–H groups in total. The fraction of sp³-hybridized carbons (Fsp3) is 0.698. The Morgan fingerprint density at radius 3 is 1.98 bits per heavy atom. The normalized spacial score (nSPS) is 15.8. The molecule has 0 saturated heterocycles. The van der Waals surface area contributed by atoms with Crippen molar-refractivity contribution in [2.45, 2.75) is 154 Å². The molecule has 0 saturated carbocycles. The topological polar surface area (TPSA) is 125 Å². The van der Waals surface area contributed by atoms with Crippen molar-refractivity contribution in [3.05, 3.63) is 72.9 Å². The van der Waals surface area contributed by atoms with Gasteiger partial charge in [0.25, 0.3) is 0 Å². The van der Waals surface area contributed by atoms with E-state index in [-0.39, 0.29) is 25.5 Å². The highest BCUT2D eigenvalue weighted by Crippen LogP contribution is 2.43. The van der Waals surface area contributed by atoms with Gasteiger partial charge in [0.05, 0.1) is 46.0 Å². The van der Waals surface area contributed by atoms with Crippen molar-refractivity contribution in [1.29, 1.82) is 0 Å². The number of allylic oxidation sites excluding steroid dienone is 9. The molecule has 1 amide bonds. The molecule has 53 heavy (non-hydrogen) atoms. The minimum absolute atomic E-state index is 0.0304. The lowest BCUT2D eigenvalue weighted by molar-refractivity contribution is -0.870. The third-order valence-electron chi connectivity index (χ3n) is 8.45. The van der Waals surface area contributed by atoms with Gasteiger partial charge in [0, 0.05) is 6.42 Å². The fourth-order valence-corrected chi connectivity index (χ4v) is 5.85. The van der Waals surface area contributed by atoms with Crippen LogP contribution in [0.4, 0.5) is 0 Å². The molecule has 0 aliphatic rings. The van der Waals surface area contributed by atoms with E-state index in [2.05, 4.69) is 49.5 Å². The van der Waals surface area contributed by atoms with Gasteiger partial charge in [0.1, 0.15) is 13.2 Å². The number of phosphoric ester groups is 1. The van der Waals surface area contributed by atoms with E-state index in [0.29, 0.717) is 30.3 Å². The van der Waals surface area contributed by atoms with Gasteiger partial charge < -0.3 is 24.9 Å². The molecule has 10 heteroatoms. The Hall–Kier alpha value is -2.10. The Labute approximate surface area is 324 Å². The Morgan fingerprint density at radius 1 is 0.698 bits per heavy atom. The van der Waals surface area contributed by atoms with Crippen LogP contribution >= 0.6 is 7.82 Å². The van der Waals surface area contributed by atoms with Crippen molar-refractivity contribution in [2.75, 3.05) is 40.9 Å². The summed E-state index contributed by atoms with van der Waals surface area (Å²) in [6, 6.07) is -0.913. The third-order valence-corrected chi connectivity index (χ3v) is 9.44. The van der Waals surface area contributed by atoms with Crippen LogP contribution in [-0.4, -0.2) is 84.6 Å². The second-order valence-electron chi connectivity index (χ2n) is 14.8. The molecule has 0 spiro atoms. The monoisotopic (exact) mass is 766 g/mol. The quantitative estimate of drug-likeness (QED) is 0.0166. The Kier molecular flexibility index (Phi) is 33.0. The SMILES string of the molecule is CCC/C=C\CCCCCCCC/C=C/[C@@H](O)[C@H](COP(=O)(O)OCC[N+](C)(C)C)NC(=O)CCC/C=C/C=C\C(O)C/C=C\C/C=C\CCCCC. The first-order chi connectivity index (χ1) is 25.4.